The Balaban J connectivity index is 1.70. The molecule has 0 fully saturated rings. The molecule has 0 spiro atoms. The number of hydrogen-bond acceptors (Lipinski definition) is 2. The average Bonchev–Trinajstić information content (AvgIpc) is 2.37. The van der Waals surface area contributed by atoms with E-state index >= 15 is 0 Å². The van der Waals surface area contributed by atoms with Crippen LogP contribution in [0.15, 0.2) is 60.7 Å². The summed E-state index contributed by atoms with van der Waals surface area (Å²) in [5.41, 5.74) is 2.79. The van der Waals surface area contributed by atoms with Crippen molar-refractivity contribution in [2.45, 2.75) is 11.5 Å². The fourth-order valence-electron chi connectivity index (χ4n) is 1.37. The van der Waals surface area contributed by atoms with Gasteiger partial charge in [0.05, 0.1) is 0 Å². The smallest absolute Gasteiger partial charge is 0.0288 e. The molecule has 82 valence electrons. The van der Waals surface area contributed by atoms with Crippen LogP contribution in [-0.4, -0.2) is 0 Å². The first-order chi connectivity index (χ1) is 7.95. The molecule has 0 saturated carbocycles. The van der Waals surface area contributed by atoms with Gasteiger partial charge < -0.3 is 0 Å². The van der Waals surface area contributed by atoms with Gasteiger partial charge in [0.2, 0.25) is 0 Å². The minimum absolute atomic E-state index is 1.08. The lowest BCUT2D eigenvalue weighted by molar-refractivity contribution is 1.42. The zero-order valence-electron chi connectivity index (χ0n) is 9.00. The second kappa shape index (κ2) is 6.66. The number of hydrogen-bond donors (Lipinski definition) is 0. The second-order valence-electron chi connectivity index (χ2n) is 3.50. The maximum atomic E-state index is 2.18. The van der Waals surface area contributed by atoms with Gasteiger partial charge in [-0.15, -0.1) is 0 Å². The number of benzene rings is 2. The van der Waals surface area contributed by atoms with Crippen LogP contribution in [0.25, 0.3) is 0 Å². The third-order valence-corrected chi connectivity index (χ3v) is 4.50. The molecule has 0 N–H and O–H groups in total. The molecule has 0 aliphatic heterocycles. The summed E-state index contributed by atoms with van der Waals surface area (Å²) in [5.74, 6) is 2.16. The van der Waals surface area contributed by atoms with Gasteiger partial charge >= 0.3 is 0 Å². The van der Waals surface area contributed by atoms with Crippen molar-refractivity contribution in [2.75, 3.05) is 0 Å². The molecule has 0 unspecified atom stereocenters. The molecular formula is C14H14S2. The third-order valence-electron chi connectivity index (χ3n) is 2.22. The van der Waals surface area contributed by atoms with Crippen LogP contribution in [0.1, 0.15) is 11.1 Å². The van der Waals surface area contributed by atoms with Gasteiger partial charge in [0.15, 0.2) is 0 Å². The quantitative estimate of drug-likeness (QED) is 0.552. The second-order valence-corrected chi connectivity index (χ2v) is 5.96. The molecule has 16 heavy (non-hydrogen) atoms. The molecule has 0 atom stereocenters. The first kappa shape index (κ1) is 11.6. The Morgan fingerprint density at radius 1 is 0.562 bits per heavy atom. The molecule has 0 aliphatic carbocycles. The lowest BCUT2D eigenvalue weighted by Gasteiger charge is -2.01. The summed E-state index contributed by atoms with van der Waals surface area (Å²) in [4.78, 5) is 0. The molecule has 0 aromatic heterocycles. The zero-order chi connectivity index (χ0) is 11.1. The fraction of sp³-hybridized carbons (Fsp3) is 0.143. The van der Waals surface area contributed by atoms with Crippen LogP contribution in [0, 0.1) is 0 Å². The minimum Gasteiger partial charge on any atom is -0.0890 e. The molecule has 0 radical (unpaired) electrons. The SMILES string of the molecule is c1ccc(C[33S][33S]Cc2ccccc2)cc1. The van der Waals surface area contributed by atoms with Gasteiger partial charge in [-0.3, -0.25) is 0 Å². The Morgan fingerprint density at radius 3 is 1.31 bits per heavy atom. The van der Waals surface area contributed by atoms with Crippen LogP contribution in [0.3, 0.4) is 0 Å². The molecular weight excluding hydrogens is 234 g/mol. The Bertz CT molecular complexity index is 356. The van der Waals surface area contributed by atoms with Crippen molar-refractivity contribution in [3.05, 3.63) is 71.8 Å². The summed E-state index contributed by atoms with van der Waals surface area (Å²) in [7, 11) is 3.84. The highest BCUT2D eigenvalue weighted by atomic mass is 34.0. The van der Waals surface area contributed by atoms with E-state index in [1.807, 2.05) is 21.6 Å². The third kappa shape index (κ3) is 3.95. The molecule has 0 bridgehead atoms. The molecule has 0 heterocycles. The normalized spacial score (nSPS) is 10.2. The maximum Gasteiger partial charge on any atom is 0.0288 e. The van der Waals surface area contributed by atoms with E-state index in [2.05, 4.69) is 60.7 Å². The summed E-state index contributed by atoms with van der Waals surface area (Å²) in [6, 6.07) is 21.2. The van der Waals surface area contributed by atoms with E-state index in [-0.39, 0.29) is 0 Å². The Morgan fingerprint density at radius 2 is 0.938 bits per heavy atom. The lowest BCUT2D eigenvalue weighted by Crippen LogP contribution is -1.78. The topological polar surface area (TPSA) is 0 Å². The van der Waals surface area contributed by atoms with Crippen molar-refractivity contribution >= 4 is 21.6 Å². The first-order valence-electron chi connectivity index (χ1n) is 5.27. The van der Waals surface area contributed by atoms with Gasteiger partial charge in [0.25, 0.3) is 0 Å². The highest BCUT2D eigenvalue weighted by Crippen LogP contribution is 2.29. The van der Waals surface area contributed by atoms with Crippen molar-refractivity contribution in [2.24, 2.45) is 0 Å². The van der Waals surface area contributed by atoms with Crippen molar-refractivity contribution in [1.82, 2.24) is 0 Å². The van der Waals surface area contributed by atoms with Gasteiger partial charge in [-0.2, -0.15) is 0 Å². The predicted molar refractivity (Wildman–Crippen MR) is 75.5 cm³/mol. The Hall–Kier alpha value is -0.860. The highest BCUT2D eigenvalue weighted by molar-refractivity contribution is 8.76. The van der Waals surface area contributed by atoms with Crippen LogP contribution >= 0.6 is 21.6 Å². The molecule has 2 heteroatoms. The molecule has 2 rings (SSSR count). The minimum atomic E-state index is 1.08. The standard InChI is InChI=1S/C14H14S2/c1-3-7-13(8-4-1)11-15-16-12-14-9-5-2-6-10-14/h1-10H,11-12H2/i15+1,16+1. The lowest BCUT2D eigenvalue weighted by atomic mass is 10.2. The summed E-state index contributed by atoms with van der Waals surface area (Å²) in [5, 5.41) is 0. The van der Waals surface area contributed by atoms with Crippen molar-refractivity contribution < 1.29 is 0 Å². The summed E-state index contributed by atoms with van der Waals surface area (Å²) in [6.45, 7) is 0. The van der Waals surface area contributed by atoms with E-state index in [1.54, 1.807) is 0 Å². The molecule has 0 nitrogen and oxygen atoms in total. The van der Waals surface area contributed by atoms with E-state index in [0.29, 0.717) is 0 Å². The summed E-state index contributed by atoms with van der Waals surface area (Å²) in [6.07, 6.45) is 0. The van der Waals surface area contributed by atoms with Gasteiger partial charge in [0, 0.05) is 11.5 Å². The van der Waals surface area contributed by atoms with Crippen LogP contribution in [0.5, 0.6) is 0 Å². The van der Waals surface area contributed by atoms with Crippen LogP contribution in [0.2, 0.25) is 0 Å². The predicted octanol–water partition coefficient (Wildman–Crippen LogP) is 4.77. The molecule has 0 aliphatic rings. The van der Waals surface area contributed by atoms with Gasteiger partial charge in [-0.1, -0.05) is 82.3 Å². The first-order valence-corrected chi connectivity index (χ1v) is 7.76. The van der Waals surface area contributed by atoms with Crippen molar-refractivity contribution in [3.8, 4) is 0 Å². The summed E-state index contributed by atoms with van der Waals surface area (Å²) < 4.78 is 0. The van der Waals surface area contributed by atoms with Crippen LogP contribution < -0.4 is 0 Å². The largest absolute Gasteiger partial charge is 0.0890 e. The van der Waals surface area contributed by atoms with E-state index in [1.165, 1.54) is 11.1 Å². The maximum absolute atomic E-state index is 2.18. The van der Waals surface area contributed by atoms with E-state index in [0.717, 1.165) is 11.5 Å². The Labute approximate surface area is 105 Å². The highest BCUT2D eigenvalue weighted by Gasteiger charge is 1.94. The molecule has 0 saturated heterocycles. The molecule has 2 aromatic carbocycles. The van der Waals surface area contributed by atoms with E-state index in [4.69, 9.17) is 0 Å². The van der Waals surface area contributed by atoms with Crippen LogP contribution in [-0.2, 0) is 11.5 Å². The van der Waals surface area contributed by atoms with Crippen molar-refractivity contribution in [1.29, 1.82) is 0 Å². The van der Waals surface area contributed by atoms with Gasteiger partial charge in [-0.05, 0) is 11.1 Å². The zero-order valence-corrected chi connectivity index (χ0v) is 10.6. The van der Waals surface area contributed by atoms with E-state index < -0.39 is 0 Å². The molecule has 2 aromatic rings. The number of rotatable bonds is 5. The van der Waals surface area contributed by atoms with Crippen molar-refractivity contribution in [3.63, 3.8) is 0 Å². The Kier molecular flexibility index (Phi) is 4.84. The van der Waals surface area contributed by atoms with Crippen LogP contribution in [0.4, 0.5) is 0 Å². The monoisotopic (exact) mass is 248 g/mol. The van der Waals surface area contributed by atoms with E-state index in [9.17, 15) is 0 Å². The summed E-state index contributed by atoms with van der Waals surface area (Å²) >= 11 is 0. The molecule has 0 amide bonds. The van der Waals surface area contributed by atoms with Gasteiger partial charge in [0.1, 0.15) is 0 Å². The fourth-order valence-corrected chi connectivity index (χ4v) is 3.51. The average molecular weight is 248 g/mol. The van der Waals surface area contributed by atoms with Gasteiger partial charge in [-0.25, -0.2) is 0 Å².